The van der Waals surface area contributed by atoms with Crippen LogP contribution in [0.2, 0.25) is 0 Å². The normalized spacial score (nSPS) is 26.6. The fourth-order valence-corrected chi connectivity index (χ4v) is 3.19. The zero-order valence-electron chi connectivity index (χ0n) is 16.0. The number of carbonyl (C=O) groups excluding carboxylic acids is 5. The fourth-order valence-electron chi connectivity index (χ4n) is 3.19. The molecular formula is C17H25NO9. The molecule has 0 heterocycles. The SMILES string of the molecule is CC(=O)N[C@@H]1[C@@H](CCOC(C)=O)[C@@H](OC(C)=O)[C@H](OC(C)=O)[C@@H]1OC(C)=O. The van der Waals surface area contributed by atoms with Crippen LogP contribution >= 0.6 is 0 Å². The van der Waals surface area contributed by atoms with Gasteiger partial charge in [-0.3, -0.25) is 24.0 Å². The molecule has 1 fully saturated rings. The van der Waals surface area contributed by atoms with Gasteiger partial charge >= 0.3 is 23.9 Å². The quantitative estimate of drug-likeness (QED) is 0.468. The Morgan fingerprint density at radius 3 is 1.63 bits per heavy atom. The molecule has 0 unspecified atom stereocenters. The zero-order chi connectivity index (χ0) is 20.7. The second-order valence-corrected chi connectivity index (χ2v) is 6.24. The highest BCUT2D eigenvalue weighted by Crippen LogP contribution is 2.36. The molecule has 0 aromatic rings. The second-order valence-electron chi connectivity index (χ2n) is 6.24. The monoisotopic (exact) mass is 387 g/mol. The first-order chi connectivity index (χ1) is 12.5. The molecule has 27 heavy (non-hydrogen) atoms. The molecule has 5 atom stereocenters. The van der Waals surface area contributed by atoms with Gasteiger partial charge in [0.05, 0.1) is 12.6 Å². The lowest BCUT2D eigenvalue weighted by Crippen LogP contribution is -2.47. The molecule has 0 radical (unpaired) electrons. The summed E-state index contributed by atoms with van der Waals surface area (Å²) in [5.74, 6) is -3.50. The highest BCUT2D eigenvalue weighted by molar-refractivity contribution is 5.74. The summed E-state index contributed by atoms with van der Waals surface area (Å²) in [6, 6.07) is -0.810. The molecule has 0 aromatic carbocycles. The molecule has 0 bridgehead atoms. The largest absolute Gasteiger partial charge is 0.466 e. The third kappa shape index (κ3) is 6.87. The predicted octanol–water partition coefficient (Wildman–Crippen LogP) is -0.131. The zero-order valence-corrected chi connectivity index (χ0v) is 16.0. The molecule has 0 aliphatic heterocycles. The van der Waals surface area contributed by atoms with E-state index in [-0.39, 0.29) is 13.0 Å². The lowest BCUT2D eigenvalue weighted by molar-refractivity contribution is -0.176. The van der Waals surface area contributed by atoms with Crippen molar-refractivity contribution in [1.82, 2.24) is 5.32 Å². The van der Waals surface area contributed by atoms with Gasteiger partial charge in [0.1, 0.15) is 6.10 Å². The maximum Gasteiger partial charge on any atom is 0.303 e. The van der Waals surface area contributed by atoms with E-state index in [4.69, 9.17) is 18.9 Å². The number of amides is 1. The molecular weight excluding hydrogens is 362 g/mol. The molecule has 1 amide bonds. The van der Waals surface area contributed by atoms with Crippen molar-refractivity contribution in [2.75, 3.05) is 6.61 Å². The van der Waals surface area contributed by atoms with E-state index >= 15 is 0 Å². The smallest absolute Gasteiger partial charge is 0.303 e. The van der Waals surface area contributed by atoms with Crippen LogP contribution in [0.25, 0.3) is 0 Å². The van der Waals surface area contributed by atoms with Crippen LogP contribution in [0.15, 0.2) is 0 Å². The summed E-state index contributed by atoms with van der Waals surface area (Å²) >= 11 is 0. The lowest BCUT2D eigenvalue weighted by Gasteiger charge is -2.25. The van der Waals surface area contributed by atoms with E-state index < -0.39 is 60.1 Å². The Morgan fingerprint density at radius 1 is 0.704 bits per heavy atom. The van der Waals surface area contributed by atoms with Crippen molar-refractivity contribution in [3.63, 3.8) is 0 Å². The maximum absolute atomic E-state index is 11.7. The van der Waals surface area contributed by atoms with Crippen LogP contribution in [0.1, 0.15) is 41.0 Å². The Balaban J connectivity index is 3.26. The van der Waals surface area contributed by atoms with Crippen molar-refractivity contribution in [1.29, 1.82) is 0 Å². The lowest BCUT2D eigenvalue weighted by atomic mass is 9.97. The van der Waals surface area contributed by atoms with Crippen molar-refractivity contribution < 1.29 is 42.9 Å². The van der Waals surface area contributed by atoms with Crippen LogP contribution in [0.4, 0.5) is 0 Å². The van der Waals surface area contributed by atoms with Gasteiger partial charge in [-0.2, -0.15) is 0 Å². The van der Waals surface area contributed by atoms with Crippen molar-refractivity contribution in [2.45, 2.75) is 65.4 Å². The summed E-state index contributed by atoms with van der Waals surface area (Å²) in [6.07, 6.45) is -3.00. The number of esters is 4. The Hall–Kier alpha value is -2.65. The van der Waals surface area contributed by atoms with E-state index in [1.165, 1.54) is 27.7 Å². The second kappa shape index (κ2) is 9.89. The van der Waals surface area contributed by atoms with E-state index in [1.54, 1.807) is 0 Å². The van der Waals surface area contributed by atoms with E-state index in [0.29, 0.717) is 0 Å². The average molecular weight is 387 g/mol. The van der Waals surface area contributed by atoms with Crippen molar-refractivity contribution in [3.05, 3.63) is 0 Å². The fraction of sp³-hybridized carbons (Fsp3) is 0.706. The van der Waals surface area contributed by atoms with Gasteiger partial charge in [0.25, 0.3) is 0 Å². The minimum absolute atomic E-state index is 0.0204. The molecule has 1 N–H and O–H groups in total. The van der Waals surface area contributed by atoms with Crippen LogP contribution in [-0.2, 0) is 42.9 Å². The minimum Gasteiger partial charge on any atom is -0.466 e. The summed E-state index contributed by atoms with van der Waals surface area (Å²) in [4.78, 5) is 57.4. The van der Waals surface area contributed by atoms with Gasteiger partial charge in [-0.25, -0.2) is 0 Å². The first kappa shape index (κ1) is 22.4. The van der Waals surface area contributed by atoms with Gasteiger partial charge in [-0.15, -0.1) is 0 Å². The van der Waals surface area contributed by atoms with Crippen molar-refractivity contribution >= 4 is 29.8 Å². The topological polar surface area (TPSA) is 134 Å². The molecule has 10 heteroatoms. The maximum atomic E-state index is 11.7. The molecule has 1 aliphatic rings. The van der Waals surface area contributed by atoms with E-state index in [9.17, 15) is 24.0 Å². The van der Waals surface area contributed by atoms with E-state index in [2.05, 4.69) is 5.32 Å². The molecule has 0 saturated heterocycles. The number of ether oxygens (including phenoxy) is 4. The Morgan fingerprint density at radius 2 is 1.19 bits per heavy atom. The van der Waals surface area contributed by atoms with Crippen LogP contribution in [0, 0.1) is 5.92 Å². The summed E-state index contributed by atoms with van der Waals surface area (Å²) < 4.78 is 20.8. The molecule has 152 valence electrons. The summed E-state index contributed by atoms with van der Waals surface area (Å²) in [6.45, 7) is 6.01. The summed E-state index contributed by atoms with van der Waals surface area (Å²) in [5, 5.41) is 2.65. The van der Waals surface area contributed by atoms with Gasteiger partial charge in [0.15, 0.2) is 12.2 Å². The standard InChI is InChI=1S/C17H25NO9/c1-8(19)18-14-13(6-7-24-9(2)20)15(25-10(3)21)17(27-12(5)23)16(14)26-11(4)22/h13-17H,6-7H2,1-5H3,(H,18,19)/t13-,14-,15-,16-,17+/m1/s1. The summed E-state index contributed by atoms with van der Waals surface area (Å²) in [7, 11) is 0. The van der Waals surface area contributed by atoms with Gasteiger partial charge < -0.3 is 24.3 Å². The van der Waals surface area contributed by atoms with Crippen LogP contribution in [0.5, 0.6) is 0 Å². The highest BCUT2D eigenvalue weighted by Gasteiger charge is 2.56. The van der Waals surface area contributed by atoms with Gasteiger partial charge in [-0.1, -0.05) is 0 Å². The van der Waals surface area contributed by atoms with Crippen LogP contribution < -0.4 is 5.32 Å². The molecule has 1 aliphatic carbocycles. The Bertz CT molecular complexity index is 561. The molecule has 1 rings (SSSR count). The first-order valence-electron chi connectivity index (χ1n) is 8.45. The molecule has 1 saturated carbocycles. The van der Waals surface area contributed by atoms with Gasteiger partial charge in [0.2, 0.25) is 5.91 Å². The number of nitrogens with one attached hydrogen (secondary N) is 1. The molecule has 10 nitrogen and oxygen atoms in total. The predicted molar refractivity (Wildman–Crippen MR) is 89.0 cm³/mol. The van der Waals surface area contributed by atoms with E-state index in [1.807, 2.05) is 0 Å². The minimum atomic E-state index is -1.12. The van der Waals surface area contributed by atoms with Gasteiger partial charge in [0, 0.05) is 40.5 Å². The number of rotatable bonds is 7. The number of carbonyl (C=O) groups is 5. The average Bonchev–Trinajstić information content (AvgIpc) is 2.71. The molecule has 0 aromatic heterocycles. The van der Waals surface area contributed by atoms with Crippen molar-refractivity contribution in [3.8, 4) is 0 Å². The highest BCUT2D eigenvalue weighted by atomic mass is 16.6. The van der Waals surface area contributed by atoms with Crippen LogP contribution in [0.3, 0.4) is 0 Å². The van der Waals surface area contributed by atoms with Gasteiger partial charge in [-0.05, 0) is 6.42 Å². The van der Waals surface area contributed by atoms with E-state index in [0.717, 1.165) is 6.92 Å². The third-order valence-corrected chi connectivity index (χ3v) is 3.92. The van der Waals surface area contributed by atoms with Crippen LogP contribution in [-0.4, -0.2) is 60.7 Å². The summed E-state index contributed by atoms with van der Waals surface area (Å²) in [5.41, 5.74) is 0. The Labute approximate surface area is 156 Å². The third-order valence-electron chi connectivity index (χ3n) is 3.92. The first-order valence-corrected chi connectivity index (χ1v) is 8.45. The Kier molecular flexibility index (Phi) is 8.20. The van der Waals surface area contributed by atoms with Crippen molar-refractivity contribution in [2.24, 2.45) is 5.92 Å². The number of hydrogen-bond acceptors (Lipinski definition) is 9. The number of hydrogen-bond donors (Lipinski definition) is 1. The molecule has 0 spiro atoms.